The minimum atomic E-state index is -0.282. The van der Waals surface area contributed by atoms with Gasteiger partial charge in [0, 0.05) is 5.25 Å². The SMILES string of the molecule is CC(C)Sc1nnc(-c2ccccc2F)n1Cc1ccccc1. The van der Waals surface area contributed by atoms with Crippen molar-refractivity contribution in [2.24, 2.45) is 0 Å². The average molecular weight is 327 g/mol. The molecule has 0 aliphatic carbocycles. The summed E-state index contributed by atoms with van der Waals surface area (Å²) in [6.45, 7) is 4.83. The second-order valence-corrected chi connectivity index (χ2v) is 7.07. The standard InChI is InChI=1S/C18H18FN3S/c1-13(2)23-18-21-20-17(15-10-6-7-11-16(15)19)22(18)12-14-8-4-3-5-9-14/h3-11,13H,12H2,1-2H3. The molecule has 0 amide bonds. The minimum absolute atomic E-state index is 0.282. The van der Waals surface area contributed by atoms with Crippen molar-refractivity contribution in [3.05, 3.63) is 66.0 Å². The van der Waals surface area contributed by atoms with Gasteiger partial charge in [-0.25, -0.2) is 4.39 Å². The highest BCUT2D eigenvalue weighted by atomic mass is 32.2. The molecule has 0 fully saturated rings. The molecule has 0 bridgehead atoms. The maximum atomic E-state index is 14.2. The van der Waals surface area contributed by atoms with Crippen LogP contribution in [0.15, 0.2) is 59.8 Å². The molecule has 3 nitrogen and oxygen atoms in total. The molecule has 118 valence electrons. The van der Waals surface area contributed by atoms with Gasteiger partial charge in [-0.1, -0.05) is 68.1 Å². The Balaban J connectivity index is 2.06. The molecule has 2 aromatic carbocycles. The lowest BCUT2D eigenvalue weighted by atomic mass is 10.2. The van der Waals surface area contributed by atoms with Crippen LogP contribution < -0.4 is 0 Å². The number of nitrogens with zero attached hydrogens (tertiary/aromatic N) is 3. The van der Waals surface area contributed by atoms with E-state index in [0.29, 0.717) is 23.2 Å². The average Bonchev–Trinajstić information content (AvgIpc) is 2.91. The first-order valence-electron chi connectivity index (χ1n) is 7.54. The Labute approximate surface area is 139 Å². The molecule has 0 aliphatic heterocycles. The first-order chi connectivity index (χ1) is 11.1. The molecular weight excluding hydrogens is 309 g/mol. The van der Waals surface area contributed by atoms with Crippen molar-refractivity contribution < 1.29 is 4.39 Å². The van der Waals surface area contributed by atoms with E-state index in [1.165, 1.54) is 6.07 Å². The normalized spacial score (nSPS) is 11.1. The molecule has 0 saturated heterocycles. The topological polar surface area (TPSA) is 30.7 Å². The van der Waals surface area contributed by atoms with Crippen molar-refractivity contribution in [2.75, 3.05) is 0 Å². The Hall–Kier alpha value is -2.14. The molecule has 0 radical (unpaired) electrons. The van der Waals surface area contributed by atoms with Gasteiger partial charge in [-0.05, 0) is 17.7 Å². The summed E-state index contributed by atoms with van der Waals surface area (Å²) in [4.78, 5) is 0. The zero-order chi connectivity index (χ0) is 16.2. The zero-order valence-corrected chi connectivity index (χ0v) is 13.9. The van der Waals surface area contributed by atoms with E-state index in [0.717, 1.165) is 10.7 Å². The van der Waals surface area contributed by atoms with Crippen molar-refractivity contribution in [2.45, 2.75) is 30.8 Å². The Morgan fingerprint density at radius 1 is 1.00 bits per heavy atom. The number of halogens is 1. The second kappa shape index (κ2) is 6.96. The number of hydrogen-bond acceptors (Lipinski definition) is 3. The molecule has 0 saturated carbocycles. The van der Waals surface area contributed by atoms with E-state index in [1.807, 2.05) is 28.8 Å². The molecule has 0 unspecified atom stereocenters. The van der Waals surface area contributed by atoms with E-state index < -0.39 is 0 Å². The predicted octanol–water partition coefficient (Wildman–Crippen LogP) is 4.63. The van der Waals surface area contributed by atoms with Crippen LogP contribution in [0.25, 0.3) is 11.4 Å². The Morgan fingerprint density at radius 3 is 2.39 bits per heavy atom. The smallest absolute Gasteiger partial charge is 0.192 e. The lowest BCUT2D eigenvalue weighted by Gasteiger charge is -2.12. The van der Waals surface area contributed by atoms with Gasteiger partial charge in [0.2, 0.25) is 0 Å². The highest BCUT2D eigenvalue weighted by Gasteiger charge is 2.18. The number of rotatable bonds is 5. The highest BCUT2D eigenvalue weighted by molar-refractivity contribution is 7.99. The lowest BCUT2D eigenvalue weighted by Crippen LogP contribution is -2.06. The van der Waals surface area contributed by atoms with Crippen LogP contribution in [0, 0.1) is 5.82 Å². The monoisotopic (exact) mass is 327 g/mol. The summed E-state index contributed by atoms with van der Waals surface area (Å²) < 4.78 is 16.2. The van der Waals surface area contributed by atoms with Gasteiger partial charge in [-0.15, -0.1) is 10.2 Å². The summed E-state index contributed by atoms with van der Waals surface area (Å²) in [5.74, 6) is 0.283. The zero-order valence-electron chi connectivity index (χ0n) is 13.1. The van der Waals surface area contributed by atoms with Crippen LogP contribution in [0.4, 0.5) is 4.39 Å². The third-order valence-electron chi connectivity index (χ3n) is 3.36. The molecule has 1 aromatic heterocycles. The molecule has 1 heterocycles. The fourth-order valence-corrected chi connectivity index (χ4v) is 3.12. The maximum Gasteiger partial charge on any atom is 0.192 e. The summed E-state index contributed by atoms with van der Waals surface area (Å²) in [5.41, 5.74) is 1.61. The van der Waals surface area contributed by atoms with Gasteiger partial charge >= 0.3 is 0 Å². The van der Waals surface area contributed by atoms with Crippen LogP contribution in [-0.4, -0.2) is 20.0 Å². The van der Waals surface area contributed by atoms with E-state index in [-0.39, 0.29) is 5.82 Å². The van der Waals surface area contributed by atoms with Gasteiger partial charge in [-0.2, -0.15) is 0 Å². The number of benzene rings is 2. The molecule has 3 aromatic rings. The third kappa shape index (κ3) is 3.62. The van der Waals surface area contributed by atoms with Crippen molar-refractivity contribution in [3.63, 3.8) is 0 Å². The summed E-state index contributed by atoms with van der Waals surface area (Å²) >= 11 is 1.63. The van der Waals surface area contributed by atoms with Crippen molar-refractivity contribution in [1.29, 1.82) is 0 Å². The van der Waals surface area contributed by atoms with Crippen molar-refractivity contribution in [3.8, 4) is 11.4 Å². The first kappa shape index (κ1) is 15.7. The van der Waals surface area contributed by atoms with Crippen LogP contribution in [0.2, 0.25) is 0 Å². The van der Waals surface area contributed by atoms with Crippen molar-refractivity contribution >= 4 is 11.8 Å². The van der Waals surface area contributed by atoms with Gasteiger partial charge in [0.25, 0.3) is 0 Å². The van der Waals surface area contributed by atoms with E-state index in [9.17, 15) is 4.39 Å². The molecule has 23 heavy (non-hydrogen) atoms. The van der Waals surface area contributed by atoms with Crippen LogP contribution >= 0.6 is 11.8 Å². The Morgan fingerprint density at radius 2 is 1.70 bits per heavy atom. The third-order valence-corrected chi connectivity index (χ3v) is 4.34. The molecule has 0 aliphatic rings. The summed E-state index contributed by atoms with van der Waals surface area (Å²) in [6, 6.07) is 16.8. The van der Waals surface area contributed by atoms with E-state index in [1.54, 1.807) is 23.9 Å². The molecule has 0 spiro atoms. The Bertz CT molecular complexity index is 784. The fraction of sp³-hybridized carbons (Fsp3) is 0.222. The van der Waals surface area contributed by atoms with Gasteiger partial charge in [0.15, 0.2) is 11.0 Å². The van der Waals surface area contributed by atoms with E-state index in [2.05, 4.69) is 36.2 Å². The van der Waals surface area contributed by atoms with Crippen molar-refractivity contribution in [1.82, 2.24) is 14.8 Å². The Kier molecular flexibility index (Phi) is 4.76. The predicted molar refractivity (Wildman–Crippen MR) is 92.0 cm³/mol. The van der Waals surface area contributed by atoms with Crippen LogP contribution in [0.3, 0.4) is 0 Å². The maximum absolute atomic E-state index is 14.2. The van der Waals surface area contributed by atoms with Gasteiger partial charge in [0.1, 0.15) is 5.82 Å². The molecule has 0 atom stereocenters. The van der Waals surface area contributed by atoms with Crippen LogP contribution in [0.1, 0.15) is 19.4 Å². The van der Waals surface area contributed by atoms with Gasteiger partial charge in [0.05, 0.1) is 12.1 Å². The molecule has 3 rings (SSSR count). The first-order valence-corrected chi connectivity index (χ1v) is 8.42. The lowest BCUT2D eigenvalue weighted by molar-refractivity contribution is 0.626. The van der Waals surface area contributed by atoms with E-state index >= 15 is 0 Å². The second-order valence-electron chi connectivity index (χ2n) is 5.52. The van der Waals surface area contributed by atoms with E-state index in [4.69, 9.17) is 0 Å². The number of hydrogen-bond donors (Lipinski definition) is 0. The summed E-state index contributed by atoms with van der Waals surface area (Å²) in [6.07, 6.45) is 0. The molecule has 5 heteroatoms. The quantitative estimate of drug-likeness (QED) is 0.640. The van der Waals surface area contributed by atoms with Crippen LogP contribution in [0.5, 0.6) is 0 Å². The highest BCUT2D eigenvalue weighted by Crippen LogP contribution is 2.28. The molecular formula is C18H18FN3S. The fourth-order valence-electron chi connectivity index (χ4n) is 2.34. The summed E-state index contributed by atoms with van der Waals surface area (Å²) in [7, 11) is 0. The minimum Gasteiger partial charge on any atom is -0.297 e. The molecule has 0 N–H and O–H groups in total. The van der Waals surface area contributed by atoms with Crippen LogP contribution in [-0.2, 0) is 6.54 Å². The largest absolute Gasteiger partial charge is 0.297 e. The van der Waals surface area contributed by atoms with Gasteiger partial charge in [-0.3, -0.25) is 4.57 Å². The van der Waals surface area contributed by atoms with Gasteiger partial charge < -0.3 is 0 Å². The summed E-state index contributed by atoms with van der Waals surface area (Å²) in [5, 5.41) is 9.71. The number of aromatic nitrogens is 3. The number of thioether (sulfide) groups is 1.